The Morgan fingerprint density at radius 3 is 2.19 bits per heavy atom. The predicted octanol–water partition coefficient (Wildman–Crippen LogP) is 1.92. The number of hydrogen-bond donors (Lipinski definition) is 2. The highest BCUT2D eigenvalue weighted by Crippen LogP contribution is 2.13. The first kappa shape index (κ1) is 22.7. The zero-order chi connectivity index (χ0) is 22.1. The number of carbonyl (C=O) groups is 2. The second-order valence-electron chi connectivity index (χ2n) is 7.37. The molecule has 0 aliphatic carbocycles. The molecule has 1 aliphatic rings. The van der Waals surface area contributed by atoms with Crippen molar-refractivity contribution in [3.8, 4) is 0 Å². The van der Waals surface area contributed by atoms with Gasteiger partial charge in [-0.3, -0.25) is 9.69 Å². The largest absolute Gasteiger partial charge is 0.467 e. The summed E-state index contributed by atoms with van der Waals surface area (Å²) in [5.41, 5.74) is 9.34. The molecule has 7 heteroatoms. The van der Waals surface area contributed by atoms with Crippen molar-refractivity contribution in [3.05, 3.63) is 70.8 Å². The van der Waals surface area contributed by atoms with Gasteiger partial charge >= 0.3 is 5.97 Å². The van der Waals surface area contributed by atoms with Crippen molar-refractivity contribution in [2.75, 3.05) is 40.0 Å². The normalized spacial score (nSPS) is 15.5. The summed E-state index contributed by atoms with van der Waals surface area (Å²) in [6.45, 7) is 4.49. The molecule has 1 aliphatic heterocycles. The summed E-state index contributed by atoms with van der Waals surface area (Å²) in [7, 11) is 1.26. The molecule has 1 fully saturated rings. The number of ether oxygens (including phenoxy) is 2. The number of nitrogens with two attached hydrogens (primary N) is 1. The number of morpholine rings is 1. The Morgan fingerprint density at radius 2 is 1.65 bits per heavy atom. The standard InChI is InChI=1S/C24H29N3O4/c1-30-24(29)22(16-25)26-23(28)21-10-8-19(9-11-21)3-2-18-4-6-20(7-5-18)17-27-12-14-31-15-13-27/h2-11,22H,12-17,25H2,1H3,(H,26,28)/b3-2+/t22-/m0/s1. The lowest BCUT2D eigenvalue weighted by atomic mass is 10.1. The van der Waals surface area contributed by atoms with Crippen LogP contribution in [0.2, 0.25) is 0 Å². The van der Waals surface area contributed by atoms with E-state index in [4.69, 9.17) is 10.5 Å². The summed E-state index contributed by atoms with van der Waals surface area (Å²) in [6.07, 6.45) is 4.03. The molecular weight excluding hydrogens is 394 g/mol. The fraction of sp³-hybridized carbons (Fsp3) is 0.333. The molecule has 3 rings (SSSR count). The average molecular weight is 424 g/mol. The van der Waals surface area contributed by atoms with Gasteiger partial charge in [0.15, 0.2) is 0 Å². The van der Waals surface area contributed by atoms with Crippen molar-refractivity contribution in [1.29, 1.82) is 0 Å². The SMILES string of the molecule is COC(=O)[C@H](CN)NC(=O)c1ccc(/C=C/c2ccc(CN3CCOCC3)cc2)cc1. The maximum atomic E-state index is 12.3. The van der Waals surface area contributed by atoms with Crippen molar-refractivity contribution in [2.45, 2.75) is 12.6 Å². The minimum Gasteiger partial charge on any atom is -0.467 e. The van der Waals surface area contributed by atoms with E-state index < -0.39 is 12.0 Å². The highest BCUT2D eigenvalue weighted by atomic mass is 16.5. The van der Waals surface area contributed by atoms with Crippen molar-refractivity contribution in [3.63, 3.8) is 0 Å². The van der Waals surface area contributed by atoms with Crippen LogP contribution in [-0.2, 0) is 20.8 Å². The highest BCUT2D eigenvalue weighted by Gasteiger charge is 2.20. The van der Waals surface area contributed by atoms with Crippen molar-refractivity contribution >= 4 is 24.0 Å². The Hall–Kier alpha value is -3.00. The lowest BCUT2D eigenvalue weighted by molar-refractivity contribution is -0.142. The van der Waals surface area contributed by atoms with Gasteiger partial charge in [-0.15, -0.1) is 0 Å². The zero-order valence-electron chi connectivity index (χ0n) is 17.8. The van der Waals surface area contributed by atoms with E-state index in [-0.39, 0.29) is 12.5 Å². The van der Waals surface area contributed by atoms with Gasteiger partial charge in [0.05, 0.1) is 20.3 Å². The fourth-order valence-electron chi connectivity index (χ4n) is 3.29. The van der Waals surface area contributed by atoms with Crippen LogP contribution in [0.3, 0.4) is 0 Å². The van der Waals surface area contributed by atoms with Crippen molar-refractivity contribution in [2.24, 2.45) is 5.73 Å². The Bertz CT molecular complexity index is 888. The molecule has 1 atom stereocenters. The molecule has 1 heterocycles. The second-order valence-corrected chi connectivity index (χ2v) is 7.37. The molecule has 2 aromatic rings. The van der Waals surface area contributed by atoms with E-state index in [1.54, 1.807) is 12.1 Å². The van der Waals surface area contributed by atoms with Gasteiger partial charge in [-0.2, -0.15) is 0 Å². The van der Waals surface area contributed by atoms with Gasteiger partial charge in [0, 0.05) is 31.7 Å². The Balaban J connectivity index is 1.55. The van der Waals surface area contributed by atoms with Crippen LogP contribution in [0.15, 0.2) is 48.5 Å². The van der Waals surface area contributed by atoms with Crippen molar-refractivity contribution < 1.29 is 19.1 Å². The molecule has 0 aromatic heterocycles. The highest BCUT2D eigenvalue weighted by molar-refractivity contribution is 5.97. The molecule has 3 N–H and O–H groups in total. The van der Waals surface area contributed by atoms with Crippen LogP contribution in [0.5, 0.6) is 0 Å². The van der Waals surface area contributed by atoms with Gasteiger partial charge in [0.25, 0.3) is 5.91 Å². The van der Waals surface area contributed by atoms with E-state index >= 15 is 0 Å². The van der Waals surface area contributed by atoms with Gasteiger partial charge in [0.2, 0.25) is 0 Å². The van der Waals surface area contributed by atoms with Gasteiger partial charge in [0.1, 0.15) is 6.04 Å². The summed E-state index contributed by atoms with van der Waals surface area (Å²) >= 11 is 0. The number of esters is 1. The number of nitrogens with one attached hydrogen (secondary N) is 1. The van der Waals surface area contributed by atoms with Crippen molar-refractivity contribution in [1.82, 2.24) is 10.2 Å². The fourth-order valence-corrected chi connectivity index (χ4v) is 3.29. The first-order chi connectivity index (χ1) is 15.1. The minimum absolute atomic E-state index is 0.0233. The number of nitrogens with zero attached hydrogens (tertiary/aromatic N) is 1. The number of carbonyl (C=O) groups excluding carboxylic acids is 2. The summed E-state index contributed by atoms with van der Waals surface area (Å²) < 4.78 is 10.0. The van der Waals surface area contributed by atoms with Crippen LogP contribution in [0.4, 0.5) is 0 Å². The van der Waals surface area contributed by atoms with E-state index in [1.165, 1.54) is 12.7 Å². The quantitative estimate of drug-likeness (QED) is 0.498. The number of methoxy groups -OCH3 is 1. The third-order valence-corrected chi connectivity index (χ3v) is 5.16. The van der Waals surface area contributed by atoms with E-state index in [1.807, 2.05) is 24.3 Å². The molecule has 0 radical (unpaired) electrons. The zero-order valence-corrected chi connectivity index (χ0v) is 17.8. The van der Waals surface area contributed by atoms with Crippen LogP contribution < -0.4 is 11.1 Å². The molecule has 2 aromatic carbocycles. The Kier molecular flexibility index (Phi) is 8.35. The van der Waals surface area contributed by atoms with Crippen LogP contribution in [0.1, 0.15) is 27.0 Å². The van der Waals surface area contributed by atoms with Gasteiger partial charge < -0.3 is 20.5 Å². The van der Waals surface area contributed by atoms with Crippen LogP contribution in [0, 0.1) is 0 Å². The number of hydrogen-bond acceptors (Lipinski definition) is 6. The molecular formula is C24H29N3O4. The number of amides is 1. The number of benzene rings is 2. The Labute approximate surface area is 182 Å². The molecule has 31 heavy (non-hydrogen) atoms. The Morgan fingerprint density at radius 1 is 1.06 bits per heavy atom. The van der Waals surface area contributed by atoms with Gasteiger partial charge in [-0.25, -0.2) is 4.79 Å². The monoisotopic (exact) mass is 423 g/mol. The first-order valence-electron chi connectivity index (χ1n) is 10.3. The molecule has 0 spiro atoms. The smallest absolute Gasteiger partial charge is 0.329 e. The maximum Gasteiger partial charge on any atom is 0.329 e. The average Bonchev–Trinajstić information content (AvgIpc) is 2.82. The molecule has 1 saturated heterocycles. The first-order valence-corrected chi connectivity index (χ1v) is 10.3. The van der Waals surface area contributed by atoms with E-state index in [0.29, 0.717) is 5.56 Å². The van der Waals surface area contributed by atoms with Gasteiger partial charge in [-0.1, -0.05) is 48.6 Å². The summed E-state index contributed by atoms with van der Waals surface area (Å²) in [5, 5.41) is 2.58. The van der Waals surface area contributed by atoms with Gasteiger partial charge in [-0.05, 0) is 28.8 Å². The van der Waals surface area contributed by atoms with Crippen LogP contribution >= 0.6 is 0 Å². The second kappa shape index (κ2) is 11.4. The van der Waals surface area contributed by atoms with E-state index in [9.17, 15) is 9.59 Å². The molecule has 7 nitrogen and oxygen atoms in total. The lowest BCUT2D eigenvalue weighted by Crippen LogP contribution is -2.46. The predicted molar refractivity (Wildman–Crippen MR) is 120 cm³/mol. The van der Waals surface area contributed by atoms with Crippen LogP contribution in [-0.4, -0.2) is 62.8 Å². The van der Waals surface area contributed by atoms with E-state index in [0.717, 1.165) is 44.0 Å². The number of rotatable bonds is 8. The minimum atomic E-state index is -0.858. The molecule has 0 bridgehead atoms. The maximum absolute atomic E-state index is 12.3. The molecule has 0 saturated carbocycles. The third kappa shape index (κ3) is 6.75. The van der Waals surface area contributed by atoms with Crippen LogP contribution in [0.25, 0.3) is 12.2 Å². The third-order valence-electron chi connectivity index (χ3n) is 5.16. The lowest BCUT2D eigenvalue weighted by Gasteiger charge is -2.26. The summed E-state index contributed by atoms with van der Waals surface area (Å²) in [5.74, 6) is -0.932. The summed E-state index contributed by atoms with van der Waals surface area (Å²) in [6, 6.07) is 14.8. The molecule has 164 valence electrons. The summed E-state index contributed by atoms with van der Waals surface area (Å²) in [4.78, 5) is 26.3. The molecule has 1 amide bonds. The molecule has 0 unspecified atom stereocenters. The topological polar surface area (TPSA) is 93.9 Å². The van der Waals surface area contributed by atoms with E-state index in [2.05, 4.69) is 39.2 Å².